The Kier molecular flexibility index (Phi) is 4.22. The van der Waals surface area contributed by atoms with E-state index < -0.39 is 23.8 Å². The van der Waals surface area contributed by atoms with E-state index in [1.165, 1.54) is 32.6 Å². The standard InChI is InChI=1S/C19H21N3O4/c1-26-16-5-3-2-4-15(16)22-18(24)13(17(23)21-19(22)25)10-20-14-9-11-6-7-12(14)8-11/h2-5,10-14H,6-9H2,1H3,(H,21,23,25)/t11-,12-,13-,14-/m0/s1. The zero-order valence-corrected chi connectivity index (χ0v) is 14.6. The quantitative estimate of drug-likeness (QED) is 0.662. The SMILES string of the molecule is COc1ccccc1N1C(=O)NC(=O)[C@H](C=N[C@H]2C[C@H]3CC[C@H]2C3)C1=O. The van der Waals surface area contributed by atoms with Gasteiger partial charge >= 0.3 is 6.03 Å². The van der Waals surface area contributed by atoms with Crippen LogP contribution < -0.4 is 15.0 Å². The minimum atomic E-state index is -1.10. The Balaban J connectivity index is 1.58. The van der Waals surface area contributed by atoms with E-state index in [2.05, 4.69) is 10.3 Å². The summed E-state index contributed by atoms with van der Waals surface area (Å²) in [5.41, 5.74) is 0.309. The van der Waals surface area contributed by atoms with E-state index in [-0.39, 0.29) is 6.04 Å². The van der Waals surface area contributed by atoms with Crippen LogP contribution >= 0.6 is 0 Å². The third-order valence-corrected chi connectivity index (χ3v) is 5.66. The number of rotatable bonds is 4. The summed E-state index contributed by atoms with van der Waals surface area (Å²) < 4.78 is 5.24. The Hall–Kier alpha value is -2.70. The van der Waals surface area contributed by atoms with Crippen LogP contribution in [0.2, 0.25) is 0 Å². The zero-order chi connectivity index (χ0) is 18.3. The summed E-state index contributed by atoms with van der Waals surface area (Å²) in [6, 6.07) is 6.13. The van der Waals surface area contributed by atoms with Gasteiger partial charge in [0.25, 0.3) is 5.91 Å². The Bertz CT molecular complexity index is 791. The second-order valence-corrected chi connectivity index (χ2v) is 7.16. The van der Waals surface area contributed by atoms with Gasteiger partial charge in [0.1, 0.15) is 5.75 Å². The number of methoxy groups -OCH3 is 1. The Morgan fingerprint density at radius 1 is 1.19 bits per heavy atom. The van der Waals surface area contributed by atoms with Gasteiger partial charge in [0, 0.05) is 6.21 Å². The molecule has 1 heterocycles. The van der Waals surface area contributed by atoms with Gasteiger partial charge in [-0.15, -0.1) is 0 Å². The molecule has 4 amide bonds. The Labute approximate surface area is 151 Å². The number of hydrogen-bond acceptors (Lipinski definition) is 5. The summed E-state index contributed by atoms with van der Waals surface area (Å²) in [6.07, 6.45) is 6.08. The lowest BCUT2D eigenvalue weighted by atomic mass is 9.95. The molecule has 2 aliphatic carbocycles. The number of ether oxygens (including phenoxy) is 1. The first-order valence-electron chi connectivity index (χ1n) is 8.93. The van der Waals surface area contributed by atoms with Crippen molar-refractivity contribution in [1.29, 1.82) is 0 Å². The van der Waals surface area contributed by atoms with Crippen molar-refractivity contribution in [3.63, 3.8) is 0 Å². The van der Waals surface area contributed by atoms with Crippen LogP contribution in [0.5, 0.6) is 5.75 Å². The van der Waals surface area contributed by atoms with Gasteiger partial charge in [-0.25, -0.2) is 9.69 Å². The highest BCUT2D eigenvalue weighted by Gasteiger charge is 2.43. The number of nitrogens with zero attached hydrogens (tertiary/aromatic N) is 2. The normalized spacial score (nSPS) is 31.0. The molecule has 4 rings (SSSR count). The van der Waals surface area contributed by atoms with Gasteiger partial charge < -0.3 is 4.74 Å². The van der Waals surface area contributed by atoms with Crippen LogP contribution in [-0.4, -0.2) is 37.2 Å². The lowest BCUT2D eigenvalue weighted by Gasteiger charge is -2.29. The highest BCUT2D eigenvalue weighted by molar-refractivity contribution is 6.32. The molecule has 0 radical (unpaired) electrons. The van der Waals surface area contributed by atoms with Gasteiger partial charge in [0.05, 0.1) is 18.8 Å². The van der Waals surface area contributed by atoms with Gasteiger partial charge in [-0.05, 0) is 43.2 Å². The number of para-hydroxylation sites is 2. The topological polar surface area (TPSA) is 88.1 Å². The van der Waals surface area contributed by atoms with Crippen molar-refractivity contribution in [3.05, 3.63) is 24.3 Å². The van der Waals surface area contributed by atoms with Crippen LogP contribution in [0, 0.1) is 17.8 Å². The van der Waals surface area contributed by atoms with E-state index >= 15 is 0 Å². The van der Waals surface area contributed by atoms with Crippen molar-refractivity contribution in [2.24, 2.45) is 22.7 Å². The number of barbiturate groups is 1. The minimum absolute atomic E-state index is 0.187. The number of benzene rings is 1. The van der Waals surface area contributed by atoms with Gasteiger partial charge in [-0.1, -0.05) is 18.6 Å². The Morgan fingerprint density at radius 3 is 2.69 bits per heavy atom. The number of nitrogens with one attached hydrogen (secondary N) is 1. The molecule has 7 heteroatoms. The summed E-state index contributed by atoms with van der Waals surface area (Å²) in [4.78, 5) is 42.9. The lowest BCUT2D eigenvalue weighted by molar-refractivity contribution is -0.131. The monoisotopic (exact) mass is 355 g/mol. The van der Waals surface area contributed by atoms with Gasteiger partial charge in [-0.2, -0.15) is 0 Å². The van der Waals surface area contributed by atoms with Crippen LogP contribution in [0.3, 0.4) is 0 Å². The first kappa shape index (κ1) is 16.8. The highest BCUT2D eigenvalue weighted by Crippen LogP contribution is 2.45. The number of urea groups is 1. The minimum Gasteiger partial charge on any atom is -0.495 e. The number of aliphatic imine (C=N–C) groups is 1. The fourth-order valence-corrected chi connectivity index (χ4v) is 4.35. The van der Waals surface area contributed by atoms with Crippen molar-refractivity contribution >= 4 is 29.7 Å². The summed E-state index contributed by atoms with van der Waals surface area (Å²) in [5.74, 6) is -0.659. The third-order valence-electron chi connectivity index (χ3n) is 5.66. The maximum absolute atomic E-state index is 12.9. The van der Waals surface area contributed by atoms with E-state index in [9.17, 15) is 14.4 Å². The highest BCUT2D eigenvalue weighted by atomic mass is 16.5. The molecule has 1 aliphatic heterocycles. The predicted molar refractivity (Wildman–Crippen MR) is 95.2 cm³/mol. The average molecular weight is 355 g/mol. The van der Waals surface area contributed by atoms with E-state index in [1.807, 2.05) is 0 Å². The molecule has 26 heavy (non-hydrogen) atoms. The number of hydrogen-bond donors (Lipinski definition) is 1. The smallest absolute Gasteiger partial charge is 0.335 e. The summed E-state index contributed by atoms with van der Waals surface area (Å²) >= 11 is 0. The van der Waals surface area contributed by atoms with Crippen LogP contribution in [0.15, 0.2) is 29.3 Å². The number of fused-ring (bicyclic) bond motifs is 2. The molecule has 0 aromatic heterocycles. The van der Waals surface area contributed by atoms with Crippen molar-refractivity contribution < 1.29 is 19.1 Å². The first-order valence-corrected chi connectivity index (χ1v) is 8.93. The molecule has 1 N–H and O–H groups in total. The summed E-state index contributed by atoms with van der Waals surface area (Å²) in [7, 11) is 1.46. The third kappa shape index (κ3) is 2.77. The number of carbonyl (C=O) groups excluding carboxylic acids is 3. The predicted octanol–water partition coefficient (Wildman–Crippen LogP) is 2.15. The molecule has 7 nitrogen and oxygen atoms in total. The summed E-state index contributed by atoms with van der Waals surface area (Å²) in [6.45, 7) is 0. The molecule has 1 aromatic rings. The number of amides is 4. The number of carbonyl (C=O) groups is 3. The molecular formula is C19H21N3O4. The van der Waals surface area contributed by atoms with Gasteiger partial charge in [0.2, 0.25) is 5.91 Å². The summed E-state index contributed by atoms with van der Waals surface area (Å²) in [5, 5.41) is 2.25. The van der Waals surface area contributed by atoms with E-state index in [0.29, 0.717) is 17.4 Å². The molecule has 3 aliphatic rings. The maximum Gasteiger partial charge on any atom is 0.335 e. The molecule has 1 aromatic carbocycles. The van der Waals surface area contributed by atoms with Gasteiger partial charge in [-0.3, -0.25) is 19.9 Å². The largest absolute Gasteiger partial charge is 0.495 e. The van der Waals surface area contributed by atoms with E-state index in [4.69, 9.17) is 4.74 Å². The van der Waals surface area contributed by atoms with Crippen LogP contribution in [-0.2, 0) is 9.59 Å². The van der Waals surface area contributed by atoms with Crippen molar-refractivity contribution in [2.75, 3.05) is 12.0 Å². The van der Waals surface area contributed by atoms with E-state index in [0.717, 1.165) is 17.2 Å². The second-order valence-electron chi connectivity index (χ2n) is 7.16. The van der Waals surface area contributed by atoms with Gasteiger partial charge in [0.15, 0.2) is 5.92 Å². The lowest BCUT2D eigenvalue weighted by Crippen LogP contribution is -2.58. The molecule has 2 saturated carbocycles. The zero-order valence-electron chi connectivity index (χ0n) is 14.6. The molecular weight excluding hydrogens is 334 g/mol. The molecule has 0 spiro atoms. The second kappa shape index (κ2) is 6.55. The fourth-order valence-electron chi connectivity index (χ4n) is 4.35. The van der Waals surface area contributed by atoms with E-state index in [1.54, 1.807) is 24.3 Å². The first-order chi connectivity index (χ1) is 12.6. The molecule has 1 saturated heterocycles. The maximum atomic E-state index is 12.9. The van der Waals surface area contributed by atoms with Crippen molar-refractivity contribution in [1.82, 2.24) is 5.32 Å². The van der Waals surface area contributed by atoms with Crippen LogP contribution in [0.25, 0.3) is 0 Å². The fraction of sp³-hybridized carbons (Fsp3) is 0.474. The van der Waals surface area contributed by atoms with Crippen LogP contribution in [0.4, 0.5) is 10.5 Å². The molecule has 0 unspecified atom stereocenters. The average Bonchev–Trinajstić information content (AvgIpc) is 3.25. The molecule has 4 atom stereocenters. The number of anilines is 1. The van der Waals surface area contributed by atoms with Crippen LogP contribution in [0.1, 0.15) is 25.7 Å². The molecule has 136 valence electrons. The number of imide groups is 2. The molecule has 3 fully saturated rings. The Morgan fingerprint density at radius 2 is 2.00 bits per heavy atom. The molecule has 2 bridgehead atoms. The van der Waals surface area contributed by atoms with Crippen molar-refractivity contribution in [2.45, 2.75) is 31.7 Å². The van der Waals surface area contributed by atoms with Crippen molar-refractivity contribution in [3.8, 4) is 5.75 Å².